The van der Waals surface area contributed by atoms with E-state index in [1.807, 2.05) is 30.3 Å². The number of halogens is 1. The molecule has 1 heterocycles. The van der Waals surface area contributed by atoms with Crippen LogP contribution in [0.3, 0.4) is 0 Å². The van der Waals surface area contributed by atoms with Gasteiger partial charge in [-0.25, -0.2) is 4.99 Å². The Bertz CT molecular complexity index is 931. The van der Waals surface area contributed by atoms with E-state index in [2.05, 4.69) is 70.5 Å². The Hall–Kier alpha value is -2.52. The lowest BCUT2D eigenvalue weighted by atomic mass is 9.96. The normalized spacial score (nSPS) is 16.9. The highest BCUT2D eigenvalue weighted by molar-refractivity contribution is 9.10. The van der Waals surface area contributed by atoms with Crippen molar-refractivity contribution in [2.24, 2.45) is 9.98 Å². The summed E-state index contributed by atoms with van der Waals surface area (Å²) in [5, 5.41) is 0. The molecule has 1 aliphatic rings. The largest absolute Gasteiger partial charge is 0.258 e. The lowest BCUT2D eigenvalue weighted by molar-refractivity contribution is 0.750. The molecule has 25 heavy (non-hydrogen) atoms. The number of rotatable bonds is 3. The van der Waals surface area contributed by atoms with Crippen molar-refractivity contribution < 1.29 is 0 Å². The molecule has 1 aliphatic heterocycles. The fraction of sp³-hybridized carbons (Fsp3) is 0.0909. The Labute approximate surface area is 156 Å². The molecule has 0 spiro atoms. The molecule has 2 nitrogen and oxygen atoms in total. The van der Waals surface area contributed by atoms with Crippen molar-refractivity contribution >= 4 is 27.5 Å². The molecule has 3 heteroatoms. The standard InChI is InChI=1S/C22H17BrN2/c23-19-14-8-7-13-18(19)21-15-20(16-9-3-1-4-10-16)24-22(25-21)17-11-5-2-6-12-17/h1-14,21H,15H2. The van der Waals surface area contributed by atoms with Gasteiger partial charge in [0.2, 0.25) is 0 Å². The summed E-state index contributed by atoms with van der Waals surface area (Å²) in [6.45, 7) is 0. The SMILES string of the molecule is Brc1ccccc1C1CC(c2ccccc2)=NC(c2ccccc2)=N1. The van der Waals surface area contributed by atoms with Gasteiger partial charge in [-0.2, -0.15) is 0 Å². The van der Waals surface area contributed by atoms with Crippen molar-refractivity contribution in [2.75, 3.05) is 0 Å². The summed E-state index contributed by atoms with van der Waals surface area (Å²) >= 11 is 3.68. The second-order valence-electron chi connectivity index (χ2n) is 5.98. The number of benzene rings is 3. The molecule has 0 saturated heterocycles. The highest BCUT2D eigenvalue weighted by atomic mass is 79.9. The Morgan fingerprint density at radius 2 is 1.32 bits per heavy atom. The van der Waals surface area contributed by atoms with E-state index in [1.54, 1.807) is 0 Å². The van der Waals surface area contributed by atoms with E-state index in [1.165, 1.54) is 5.56 Å². The maximum absolute atomic E-state index is 4.96. The van der Waals surface area contributed by atoms with Crippen molar-refractivity contribution in [3.63, 3.8) is 0 Å². The van der Waals surface area contributed by atoms with Gasteiger partial charge in [0.25, 0.3) is 0 Å². The summed E-state index contributed by atoms with van der Waals surface area (Å²) in [4.78, 5) is 9.84. The highest BCUT2D eigenvalue weighted by Crippen LogP contribution is 2.33. The van der Waals surface area contributed by atoms with Crippen LogP contribution in [0, 0.1) is 0 Å². The van der Waals surface area contributed by atoms with E-state index in [4.69, 9.17) is 9.98 Å². The molecule has 1 unspecified atom stereocenters. The van der Waals surface area contributed by atoms with Crippen molar-refractivity contribution in [3.05, 3.63) is 106 Å². The van der Waals surface area contributed by atoms with Crippen LogP contribution in [0.5, 0.6) is 0 Å². The van der Waals surface area contributed by atoms with Crippen LogP contribution in [0.15, 0.2) is 99.4 Å². The van der Waals surface area contributed by atoms with E-state index in [0.717, 1.165) is 33.6 Å². The zero-order valence-electron chi connectivity index (χ0n) is 13.6. The van der Waals surface area contributed by atoms with E-state index in [0.29, 0.717) is 0 Å². The minimum atomic E-state index is 0.0542. The molecule has 4 rings (SSSR count). The van der Waals surface area contributed by atoms with Gasteiger partial charge in [0.1, 0.15) is 0 Å². The second kappa shape index (κ2) is 7.16. The first-order valence-corrected chi connectivity index (χ1v) is 9.11. The fourth-order valence-electron chi connectivity index (χ4n) is 3.04. The number of hydrogen-bond acceptors (Lipinski definition) is 2. The zero-order valence-corrected chi connectivity index (χ0v) is 15.2. The predicted molar refractivity (Wildman–Crippen MR) is 107 cm³/mol. The summed E-state index contributed by atoms with van der Waals surface area (Å²) < 4.78 is 1.09. The van der Waals surface area contributed by atoms with E-state index in [-0.39, 0.29) is 6.04 Å². The van der Waals surface area contributed by atoms with Crippen LogP contribution in [0.2, 0.25) is 0 Å². The van der Waals surface area contributed by atoms with Crippen molar-refractivity contribution in [1.82, 2.24) is 0 Å². The molecule has 122 valence electrons. The van der Waals surface area contributed by atoms with Crippen molar-refractivity contribution in [1.29, 1.82) is 0 Å². The number of nitrogens with zero attached hydrogens (tertiary/aromatic N) is 2. The van der Waals surface area contributed by atoms with E-state index in [9.17, 15) is 0 Å². The van der Waals surface area contributed by atoms with E-state index < -0.39 is 0 Å². The summed E-state index contributed by atoms with van der Waals surface area (Å²) in [5.41, 5.74) is 4.48. The summed E-state index contributed by atoms with van der Waals surface area (Å²) in [6, 6.07) is 28.9. The fourth-order valence-corrected chi connectivity index (χ4v) is 3.59. The first-order valence-electron chi connectivity index (χ1n) is 8.32. The Kier molecular flexibility index (Phi) is 4.57. The van der Waals surface area contributed by atoms with Gasteiger partial charge >= 0.3 is 0 Å². The summed E-state index contributed by atoms with van der Waals surface area (Å²) in [6.07, 6.45) is 0.795. The lowest BCUT2D eigenvalue weighted by Crippen LogP contribution is -2.17. The topological polar surface area (TPSA) is 24.7 Å². The zero-order chi connectivity index (χ0) is 17.1. The lowest BCUT2D eigenvalue weighted by Gasteiger charge is -2.22. The Morgan fingerprint density at radius 1 is 0.720 bits per heavy atom. The Balaban J connectivity index is 1.81. The highest BCUT2D eigenvalue weighted by Gasteiger charge is 2.23. The Morgan fingerprint density at radius 3 is 2.00 bits per heavy atom. The van der Waals surface area contributed by atoms with Crippen LogP contribution in [0.4, 0.5) is 0 Å². The first-order chi connectivity index (χ1) is 12.3. The average molecular weight is 389 g/mol. The first kappa shape index (κ1) is 16.0. The number of amidine groups is 1. The molecular weight excluding hydrogens is 372 g/mol. The van der Waals surface area contributed by atoms with Crippen molar-refractivity contribution in [3.8, 4) is 0 Å². The second-order valence-corrected chi connectivity index (χ2v) is 6.84. The molecule has 0 amide bonds. The van der Waals surface area contributed by atoms with Crippen LogP contribution in [0.25, 0.3) is 0 Å². The quantitative estimate of drug-likeness (QED) is 0.539. The smallest absolute Gasteiger partial charge is 0.155 e. The summed E-state index contributed by atoms with van der Waals surface area (Å²) in [7, 11) is 0. The van der Waals surface area contributed by atoms with E-state index >= 15 is 0 Å². The molecule has 0 fully saturated rings. The molecule has 0 saturated carbocycles. The molecular formula is C22H17BrN2. The predicted octanol–water partition coefficient (Wildman–Crippen LogP) is 5.83. The summed E-state index contributed by atoms with van der Waals surface area (Å²) in [5.74, 6) is 0.798. The third-order valence-electron chi connectivity index (χ3n) is 4.31. The third kappa shape index (κ3) is 3.47. The van der Waals surface area contributed by atoms with Gasteiger partial charge in [-0.15, -0.1) is 0 Å². The third-order valence-corrected chi connectivity index (χ3v) is 5.03. The van der Waals surface area contributed by atoms with Gasteiger partial charge in [0, 0.05) is 16.5 Å². The van der Waals surface area contributed by atoms with Gasteiger partial charge in [-0.05, 0) is 17.2 Å². The monoisotopic (exact) mass is 388 g/mol. The van der Waals surface area contributed by atoms with Crippen LogP contribution in [-0.2, 0) is 0 Å². The molecule has 0 radical (unpaired) electrons. The molecule has 0 aliphatic carbocycles. The number of hydrogen-bond donors (Lipinski definition) is 0. The maximum Gasteiger partial charge on any atom is 0.155 e. The average Bonchev–Trinajstić information content (AvgIpc) is 2.69. The number of aliphatic imine (C=N–C) groups is 2. The van der Waals surface area contributed by atoms with Crippen LogP contribution < -0.4 is 0 Å². The molecule has 3 aromatic rings. The molecule has 0 N–H and O–H groups in total. The van der Waals surface area contributed by atoms with Gasteiger partial charge in [-0.3, -0.25) is 4.99 Å². The van der Waals surface area contributed by atoms with Crippen molar-refractivity contribution in [2.45, 2.75) is 12.5 Å². The molecule has 1 atom stereocenters. The maximum atomic E-state index is 4.96. The van der Waals surface area contributed by atoms with Gasteiger partial charge in [0.15, 0.2) is 5.84 Å². The van der Waals surface area contributed by atoms with Crippen LogP contribution in [0.1, 0.15) is 29.2 Å². The van der Waals surface area contributed by atoms with Crippen LogP contribution in [-0.4, -0.2) is 11.5 Å². The molecule has 0 bridgehead atoms. The van der Waals surface area contributed by atoms with Crippen LogP contribution >= 0.6 is 15.9 Å². The minimum Gasteiger partial charge on any atom is -0.258 e. The van der Waals surface area contributed by atoms with Gasteiger partial charge < -0.3 is 0 Å². The minimum absolute atomic E-state index is 0.0542. The molecule has 3 aromatic carbocycles. The van der Waals surface area contributed by atoms with Gasteiger partial charge in [0.05, 0.1) is 11.8 Å². The van der Waals surface area contributed by atoms with Gasteiger partial charge in [-0.1, -0.05) is 94.8 Å². The molecule has 0 aromatic heterocycles.